The fraction of sp³-hybridized carbons (Fsp3) is 0.550. The zero-order valence-corrected chi connectivity index (χ0v) is 16.6. The second-order valence-corrected chi connectivity index (χ2v) is 7.34. The van der Waals surface area contributed by atoms with Crippen molar-refractivity contribution in [3.05, 3.63) is 29.3 Å². The third kappa shape index (κ3) is 6.06. The molecule has 0 radical (unpaired) electrons. The standard InChI is InChI=1S/C20H29N3O4/c1-14-5-6-15(2)17(11-14)21-18(24)12-22(3)19(25)13-23-9-7-16(8-10-23)20(26)27-4/h5-6,11,16H,7-10,12-13H2,1-4H3,(H,21,24)/p+1. The number of anilines is 1. The van der Waals surface area contributed by atoms with Gasteiger partial charge in [0.1, 0.15) is 0 Å². The Morgan fingerprint density at radius 2 is 1.89 bits per heavy atom. The molecule has 1 aliphatic heterocycles. The van der Waals surface area contributed by atoms with Crippen LogP contribution in [-0.4, -0.2) is 63.0 Å². The summed E-state index contributed by atoms with van der Waals surface area (Å²) in [5.41, 5.74) is 2.83. The Kier molecular flexibility index (Phi) is 7.36. The number of quaternary nitrogens is 1. The Hall–Kier alpha value is -2.41. The van der Waals surface area contributed by atoms with Crippen molar-refractivity contribution in [1.82, 2.24) is 4.90 Å². The maximum Gasteiger partial charge on any atom is 0.309 e. The molecular formula is C20H30N3O4+. The van der Waals surface area contributed by atoms with Crippen molar-refractivity contribution >= 4 is 23.5 Å². The van der Waals surface area contributed by atoms with Crippen LogP contribution in [0.4, 0.5) is 5.69 Å². The number of nitrogens with zero attached hydrogens (tertiary/aromatic N) is 1. The molecule has 0 aromatic heterocycles. The highest BCUT2D eigenvalue weighted by Gasteiger charge is 2.29. The molecule has 0 bridgehead atoms. The van der Waals surface area contributed by atoms with Gasteiger partial charge in [0.25, 0.3) is 5.91 Å². The van der Waals surface area contributed by atoms with Gasteiger partial charge < -0.3 is 19.9 Å². The van der Waals surface area contributed by atoms with Crippen LogP contribution in [0.1, 0.15) is 24.0 Å². The largest absolute Gasteiger partial charge is 0.469 e. The van der Waals surface area contributed by atoms with Crippen LogP contribution < -0.4 is 10.2 Å². The zero-order valence-electron chi connectivity index (χ0n) is 16.6. The number of nitrogens with one attached hydrogen (secondary N) is 2. The molecule has 0 unspecified atom stereocenters. The van der Waals surface area contributed by atoms with Gasteiger partial charge in [-0.1, -0.05) is 12.1 Å². The van der Waals surface area contributed by atoms with E-state index in [0.29, 0.717) is 6.54 Å². The molecule has 27 heavy (non-hydrogen) atoms. The maximum atomic E-state index is 12.4. The summed E-state index contributed by atoms with van der Waals surface area (Å²) in [6, 6.07) is 5.87. The van der Waals surface area contributed by atoms with Crippen LogP contribution in [-0.2, 0) is 19.1 Å². The van der Waals surface area contributed by atoms with Crippen molar-refractivity contribution < 1.29 is 24.0 Å². The Morgan fingerprint density at radius 1 is 1.22 bits per heavy atom. The van der Waals surface area contributed by atoms with Gasteiger partial charge in [-0.25, -0.2) is 0 Å². The molecule has 1 aromatic rings. The molecule has 1 aromatic carbocycles. The number of methoxy groups -OCH3 is 1. The van der Waals surface area contributed by atoms with E-state index in [1.807, 2.05) is 32.0 Å². The number of hydrogen-bond donors (Lipinski definition) is 2. The lowest BCUT2D eigenvalue weighted by atomic mass is 9.97. The number of esters is 1. The van der Waals surface area contributed by atoms with Gasteiger partial charge in [0.15, 0.2) is 6.54 Å². The highest BCUT2D eigenvalue weighted by atomic mass is 16.5. The number of benzene rings is 1. The highest BCUT2D eigenvalue weighted by molar-refractivity contribution is 5.95. The van der Waals surface area contributed by atoms with Crippen molar-refractivity contribution in [2.45, 2.75) is 26.7 Å². The molecule has 1 heterocycles. The molecule has 0 atom stereocenters. The molecule has 2 amide bonds. The first-order valence-electron chi connectivity index (χ1n) is 9.32. The minimum atomic E-state index is -0.209. The molecular weight excluding hydrogens is 346 g/mol. The normalized spacial score (nSPS) is 19.3. The van der Waals surface area contributed by atoms with Gasteiger partial charge >= 0.3 is 5.97 Å². The van der Waals surface area contributed by atoms with Crippen LogP contribution in [0.5, 0.6) is 0 Å². The first-order valence-corrected chi connectivity index (χ1v) is 9.32. The lowest BCUT2D eigenvalue weighted by Gasteiger charge is -2.28. The van der Waals surface area contributed by atoms with Crippen LogP contribution in [0.25, 0.3) is 0 Å². The van der Waals surface area contributed by atoms with Crippen LogP contribution in [0.2, 0.25) is 0 Å². The third-order valence-corrected chi connectivity index (χ3v) is 5.10. The zero-order chi connectivity index (χ0) is 20.0. The monoisotopic (exact) mass is 376 g/mol. The summed E-state index contributed by atoms with van der Waals surface area (Å²) in [4.78, 5) is 38.9. The summed E-state index contributed by atoms with van der Waals surface area (Å²) in [6.07, 6.45) is 1.46. The van der Waals surface area contributed by atoms with Gasteiger partial charge in [-0.15, -0.1) is 0 Å². The first-order chi connectivity index (χ1) is 12.8. The maximum absolute atomic E-state index is 12.4. The minimum Gasteiger partial charge on any atom is -0.469 e. The quantitative estimate of drug-likeness (QED) is 0.694. The number of rotatable bonds is 6. The SMILES string of the molecule is COC(=O)C1CC[NH+](CC(=O)N(C)CC(=O)Nc2cc(C)ccc2C)CC1. The molecule has 1 aliphatic rings. The number of aryl methyl sites for hydroxylation is 2. The number of hydrogen-bond acceptors (Lipinski definition) is 4. The molecule has 0 saturated carbocycles. The number of amides is 2. The molecule has 2 N–H and O–H groups in total. The fourth-order valence-electron chi connectivity index (χ4n) is 3.32. The van der Waals surface area contributed by atoms with E-state index in [2.05, 4.69) is 5.32 Å². The van der Waals surface area contributed by atoms with Gasteiger partial charge in [0.05, 0.1) is 32.7 Å². The topological polar surface area (TPSA) is 80.2 Å². The number of carbonyl (C=O) groups is 3. The van der Waals surface area contributed by atoms with E-state index in [-0.39, 0.29) is 30.2 Å². The fourth-order valence-corrected chi connectivity index (χ4v) is 3.32. The van der Waals surface area contributed by atoms with E-state index >= 15 is 0 Å². The van der Waals surface area contributed by atoms with Gasteiger partial charge in [0, 0.05) is 25.6 Å². The molecule has 148 valence electrons. The lowest BCUT2D eigenvalue weighted by molar-refractivity contribution is -0.898. The number of carbonyl (C=O) groups excluding carboxylic acids is 3. The molecule has 7 nitrogen and oxygen atoms in total. The van der Waals surface area contributed by atoms with Crippen molar-refractivity contribution in [2.75, 3.05) is 45.7 Å². The minimum absolute atomic E-state index is 0.0181. The van der Waals surface area contributed by atoms with Gasteiger partial charge in [-0.05, 0) is 31.0 Å². The summed E-state index contributed by atoms with van der Waals surface area (Å²) in [7, 11) is 3.05. The van der Waals surface area contributed by atoms with Crippen LogP contribution >= 0.6 is 0 Å². The smallest absolute Gasteiger partial charge is 0.309 e. The summed E-state index contributed by atoms with van der Waals surface area (Å²) >= 11 is 0. The Morgan fingerprint density at radius 3 is 2.52 bits per heavy atom. The molecule has 0 aliphatic carbocycles. The number of ether oxygens (including phenoxy) is 1. The van der Waals surface area contributed by atoms with Crippen molar-refractivity contribution in [3.8, 4) is 0 Å². The molecule has 1 saturated heterocycles. The number of likely N-dealkylation sites (tertiary alicyclic amines) is 1. The molecule has 1 fully saturated rings. The van der Waals surface area contributed by atoms with Crippen LogP contribution in [0.3, 0.4) is 0 Å². The van der Waals surface area contributed by atoms with Crippen LogP contribution in [0.15, 0.2) is 18.2 Å². The second kappa shape index (κ2) is 9.50. The van der Waals surface area contributed by atoms with Gasteiger partial charge in [-0.2, -0.15) is 0 Å². The Bertz CT molecular complexity index is 696. The summed E-state index contributed by atoms with van der Waals surface area (Å²) in [6.45, 7) is 5.77. The summed E-state index contributed by atoms with van der Waals surface area (Å²) in [5.74, 6) is -0.507. The van der Waals surface area contributed by atoms with E-state index < -0.39 is 0 Å². The third-order valence-electron chi connectivity index (χ3n) is 5.10. The van der Waals surface area contributed by atoms with Crippen molar-refractivity contribution in [2.24, 2.45) is 5.92 Å². The van der Waals surface area contributed by atoms with Gasteiger partial charge in [-0.3, -0.25) is 14.4 Å². The van der Waals surface area contributed by atoms with Crippen molar-refractivity contribution in [1.29, 1.82) is 0 Å². The van der Waals surface area contributed by atoms with E-state index in [0.717, 1.165) is 47.6 Å². The highest BCUT2D eigenvalue weighted by Crippen LogP contribution is 2.16. The van der Waals surface area contributed by atoms with E-state index in [4.69, 9.17) is 4.74 Å². The van der Waals surface area contributed by atoms with E-state index in [1.54, 1.807) is 7.05 Å². The lowest BCUT2D eigenvalue weighted by Crippen LogP contribution is -3.14. The molecule has 2 rings (SSSR count). The molecule has 7 heteroatoms. The summed E-state index contributed by atoms with van der Waals surface area (Å²) in [5, 5.41) is 2.87. The predicted molar refractivity (Wildman–Crippen MR) is 102 cm³/mol. The van der Waals surface area contributed by atoms with Crippen molar-refractivity contribution in [3.63, 3.8) is 0 Å². The number of likely N-dealkylation sites (N-methyl/N-ethyl adjacent to an activating group) is 1. The van der Waals surface area contributed by atoms with Crippen LogP contribution in [0, 0.1) is 19.8 Å². The van der Waals surface area contributed by atoms with E-state index in [1.165, 1.54) is 12.0 Å². The Balaban J connectivity index is 1.79. The average molecular weight is 376 g/mol. The predicted octanol–water partition coefficient (Wildman–Crippen LogP) is 0.168. The average Bonchev–Trinajstić information content (AvgIpc) is 2.64. The number of piperidine rings is 1. The first kappa shape index (κ1) is 20.9. The van der Waals surface area contributed by atoms with Gasteiger partial charge in [0.2, 0.25) is 5.91 Å². The Labute approximate surface area is 160 Å². The second-order valence-electron chi connectivity index (χ2n) is 7.34. The van der Waals surface area contributed by atoms with E-state index in [9.17, 15) is 14.4 Å². The summed E-state index contributed by atoms with van der Waals surface area (Å²) < 4.78 is 4.78. The molecule has 0 spiro atoms.